The summed E-state index contributed by atoms with van der Waals surface area (Å²) < 4.78 is 26.2. The van der Waals surface area contributed by atoms with Crippen molar-refractivity contribution >= 4 is 19.8 Å². The fraction of sp³-hybridized carbons (Fsp3) is 0.714. The van der Waals surface area contributed by atoms with Crippen LogP contribution in [-0.4, -0.2) is 52.3 Å². The van der Waals surface area contributed by atoms with Crippen molar-refractivity contribution in [2.75, 3.05) is 13.2 Å². The number of hydrogen-bond donors (Lipinski definition) is 3. The minimum Gasteiger partial charge on any atom is -0.462 e. The molecule has 0 fully saturated rings. The van der Waals surface area contributed by atoms with E-state index in [2.05, 4.69) is 36.6 Å². The third-order valence-electron chi connectivity index (χ3n) is 6.91. The van der Waals surface area contributed by atoms with Gasteiger partial charge in [0.05, 0.1) is 12.7 Å². The first kappa shape index (κ1) is 43.0. The van der Waals surface area contributed by atoms with Crippen molar-refractivity contribution in [2.24, 2.45) is 0 Å². The lowest BCUT2D eigenvalue weighted by molar-refractivity contribution is -0.161. The van der Waals surface area contributed by atoms with Gasteiger partial charge in [0.1, 0.15) is 6.61 Å². The number of hydrogen-bond acceptors (Lipinski definition) is 7. The van der Waals surface area contributed by atoms with Crippen LogP contribution in [0.4, 0.5) is 0 Å². The maximum absolute atomic E-state index is 12.3. The summed E-state index contributed by atoms with van der Waals surface area (Å²) >= 11 is 0. The number of esters is 2. The first-order chi connectivity index (χ1) is 21.7. The molecule has 0 rings (SSSR count). The fourth-order valence-corrected chi connectivity index (χ4v) is 4.69. The Bertz CT molecular complexity index is 892. The monoisotopic (exact) mass is 656 g/mol. The number of unbranched alkanes of at least 4 members (excludes halogenated alkanes) is 12. The molecule has 3 N–H and O–H groups in total. The molecule has 1 unspecified atom stereocenters. The van der Waals surface area contributed by atoms with E-state index in [9.17, 15) is 19.3 Å². The Kier molecular flexibility index (Phi) is 29.2. The highest BCUT2D eigenvalue weighted by atomic mass is 31.2. The van der Waals surface area contributed by atoms with Gasteiger partial charge in [0.25, 0.3) is 0 Å². The topological polar surface area (TPSA) is 140 Å². The minimum atomic E-state index is -4.77. The quantitative estimate of drug-likeness (QED) is 0.0228. The number of aliphatic hydroxyl groups is 1. The van der Waals surface area contributed by atoms with Crippen molar-refractivity contribution < 1.29 is 43.0 Å². The molecule has 2 atom stereocenters. The smallest absolute Gasteiger partial charge is 0.462 e. The lowest BCUT2D eigenvalue weighted by Crippen LogP contribution is -2.29. The maximum atomic E-state index is 12.3. The first-order valence-electron chi connectivity index (χ1n) is 17.0. The van der Waals surface area contributed by atoms with Gasteiger partial charge < -0.3 is 24.4 Å². The molecule has 0 aromatic heterocycles. The largest absolute Gasteiger partial charge is 0.469 e. The number of rotatable bonds is 30. The van der Waals surface area contributed by atoms with Crippen molar-refractivity contribution in [2.45, 2.75) is 148 Å². The highest BCUT2D eigenvalue weighted by Gasteiger charge is 2.22. The normalized spacial score (nSPS) is 13.8. The number of phosphoric ester groups is 1. The molecule has 0 heterocycles. The summed E-state index contributed by atoms with van der Waals surface area (Å²) in [6.45, 7) is 3.37. The molecule has 10 heteroatoms. The molecule has 0 saturated heterocycles. The number of phosphoric acid groups is 1. The van der Waals surface area contributed by atoms with Gasteiger partial charge in [0.2, 0.25) is 0 Å². The second-order valence-corrected chi connectivity index (χ2v) is 12.5. The Labute approximate surface area is 272 Å². The average Bonchev–Trinajstić information content (AvgIpc) is 2.99. The molecule has 0 bridgehead atoms. The summed E-state index contributed by atoms with van der Waals surface area (Å²) in [6, 6.07) is 0. The molecule has 9 nitrogen and oxygen atoms in total. The van der Waals surface area contributed by atoms with E-state index in [4.69, 9.17) is 19.3 Å². The molecule has 0 aliphatic carbocycles. The van der Waals surface area contributed by atoms with E-state index in [1.165, 1.54) is 12.8 Å². The van der Waals surface area contributed by atoms with Crippen LogP contribution in [0, 0.1) is 0 Å². The lowest BCUT2D eigenvalue weighted by Gasteiger charge is -2.18. The van der Waals surface area contributed by atoms with Gasteiger partial charge >= 0.3 is 19.8 Å². The molecule has 0 spiro atoms. The van der Waals surface area contributed by atoms with Crippen LogP contribution < -0.4 is 0 Å². The molecule has 0 aromatic carbocycles. The molecule has 0 radical (unpaired) electrons. The van der Waals surface area contributed by atoms with Crippen LogP contribution in [0.25, 0.3) is 0 Å². The first-order valence-corrected chi connectivity index (χ1v) is 18.6. The maximum Gasteiger partial charge on any atom is 0.469 e. The Morgan fingerprint density at radius 1 is 0.689 bits per heavy atom. The van der Waals surface area contributed by atoms with E-state index in [-0.39, 0.29) is 19.4 Å². The number of ether oxygens (including phenoxy) is 2. The van der Waals surface area contributed by atoms with Gasteiger partial charge in [-0.25, -0.2) is 4.57 Å². The van der Waals surface area contributed by atoms with Crippen LogP contribution in [0.1, 0.15) is 136 Å². The highest BCUT2D eigenvalue weighted by molar-refractivity contribution is 7.46. The van der Waals surface area contributed by atoms with Crippen LogP contribution >= 0.6 is 7.82 Å². The Balaban J connectivity index is 4.11. The Morgan fingerprint density at radius 3 is 1.89 bits per heavy atom. The van der Waals surface area contributed by atoms with E-state index < -0.39 is 38.6 Å². The zero-order chi connectivity index (χ0) is 33.4. The third kappa shape index (κ3) is 33.2. The highest BCUT2D eigenvalue weighted by Crippen LogP contribution is 2.35. The predicted molar refractivity (Wildman–Crippen MR) is 180 cm³/mol. The van der Waals surface area contributed by atoms with Crippen LogP contribution in [0.5, 0.6) is 0 Å². The lowest BCUT2D eigenvalue weighted by atomic mass is 10.1. The summed E-state index contributed by atoms with van der Waals surface area (Å²) in [5.74, 6) is -0.956. The SMILES string of the molecule is CC/C=C/CC(O)/C=C/C=C/CCCCCCCC(=O)O[C@H](COC(=O)CCCCCCC/C=C\CCCC)COP(=O)(O)O. The molecule has 0 aliphatic heterocycles. The van der Waals surface area contributed by atoms with Crippen LogP contribution in [0.3, 0.4) is 0 Å². The van der Waals surface area contributed by atoms with Crippen molar-refractivity contribution in [3.8, 4) is 0 Å². The third-order valence-corrected chi connectivity index (χ3v) is 7.40. The van der Waals surface area contributed by atoms with Gasteiger partial charge in [0, 0.05) is 12.8 Å². The van der Waals surface area contributed by atoms with Crippen LogP contribution in [0.2, 0.25) is 0 Å². The molecule has 45 heavy (non-hydrogen) atoms. The van der Waals surface area contributed by atoms with Crippen molar-refractivity contribution in [1.29, 1.82) is 0 Å². The molecule has 260 valence electrons. The van der Waals surface area contributed by atoms with Crippen LogP contribution in [0.15, 0.2) is 48.6 Å². The van der Waals surface area contributed by atoms with Gasteiger partial charge in [-0.05, 0) is 57.8 Å². The zero-order valence-electron chi connectivity index (χ0n) is 27.9. The average molecular weight is 657 g/mol. The van der Waals surface area contributed by atoms with E-state index >= 15 is 0 Å². The van der Waals surface area contributed by atoms with E-state index in [0.717, 1.165) is 77.0 Å². The Hall–Kier alpha value is -2.03. The predicted octanol–water partition coefficient (Wildman–Crippen LogP) is 8.59. The second-order valence-electron chi connectivity index (χ2n) is 11.3. The van der Waals surface area contributed by atoms with Gasteiger partial charge in [-0.3, -0.25) is 14.1 Å². The molecule has 0 aliphatic rings. The molecule has 0 aromatic rings. The van der Waals surface area contributed by atoms with E-state index in [1.807, 2.05) is 24.3 Å². The Morgan fingerprint density at radius 2 is 1.27 bits per heavy atom. The summed E-state index contributed by atoms with van der Waals surface area (Å²) in [4.78, 5) is 42.5. The molecule has 0 amide bonds. The standard InChI is InChI=1S/C35H61O9P/c1-3-5-7-8-9-10-11-14-17-20-24-28-34(37)42-30-33(31-43-45(39,40)41)44-35(38)29-25-21-18-15-12-13-16-19-23-27-32(36)26-22-6-4-2/h6,8-9,16,19,22-23,27,32-33,36H,3-5,7,10-15,17-18,20-21,24-26,28-31H2,1-2H3,(H2,39,40,41)/b9-8-,19-16+,22-6+,27-23+/t32?,33-/m1/s1. The molecular weight excluding hydrogens is 595 g/mol. The number of carbonyl (C=O) groups excluding carboxylic acids is 2. The van der Waals surface area contributed by atoms with E-state index in [1.54, 1.807) is 6.08 Å². The number of carbonyl (C=O) groups is 2. The van der Waals surface area contributed by atoms with E-state index in [0.29, 0.717) is 19.3 Å². The van der Waals surface area contributed by atoms with Crippen molar-refractivity contribution in [3.63, 3.8) is 0 Å². The summed E-state index contributed by atoms with van der Waals surface area (Å²) in [7, 11) is -4.77. The number of aliphatic hydroxyl groups excluding tert-OH is 1. The second kappa shape index (κ2) is 30.6. The minimum absolute atomic E-state index is 0.162. The summed E-state index contributed by atoms with van der Waals surface area (Å²) in [5, 5.41) is 9.81. The van der Waals surface area contributed by atoms with Gasteiger partial charge in [-0.15, -0.1) is 0 Å². The molecular formula is C35H61O9P. The fourth-order valence-electron chi connectivity index (χ4n) is 4.33. The van der Waals surface area contributed by atoms with Gasteiger partial charge in [0.15, 0.2) is 6.10 Å². The number of allylic oxidation sites excluding steroid dienone is 6. The van der Waals surface area contributed by atoms with Crippen molar-refractivity contribution in [1.82, 2.24) is 0 Å². The van der Waals surface area contributed by atoms with Gasteiger partial charge in [-0.2, -0.15) is 0 Å². The summed E-state index contributed by atoms with van der Waals surface area (Å²) in [6.07, 6.45) is 31.7. The summed E-state index contributed by atoms with van der Waals surface area (Å²) in [5.41, 5.74) is 0. The van der Waals surface area contributed by atoms with Crippen LogP contribution in [-0.2, 0) is 28.2 Å². The van der Waals surface area contributed by atoms with Crippen molar-refractivity contribution in [3.05, 3.63) is 48.6 Å². The molecule has 0 saturated carbocycles. The zero-order valence-corrected chi connectivity index (χ0v) is 28.8. The van der Waals surface area contributed by atoms with Gasteiger partial charge in [-0.1, -0.05) is 114 Å².